The van der Waals surface area contributed by atoms with Gasteiger partial charge in [-0.2, -0.15) is 0 Å². The first kappa shape index (κ1) is 20.5. The van der Waals surface area contributed by atoms with E-state index in [2.05, 4.69) is 5.32 Å². The van der Waals surface area contributed by atoms with Gasteiger partial charge in [-0.25, -0.2) is 0 Å². The van der Waals surface area contributed by atoms with Gasteiger partial charge in [-0.15, -0.1) is 0 Å². The van der Waals surface area contributed by atoms with Crippen molar-refractivity contribution in [3.8, 4) is 11.5 Å². The van der Waals surface area contributed by atoms with Crippen molar-refractivity contribution in [2.24, 2.45) is 0 Å². The van der Waals surface area contributed by atoms with Crippen molar-refractivity contribution in [1.29, 1.82) is 0 Å². The van der Waals surface area contributed by atoms with E-state index in [-0.39, 0.29) is 17.1 Å². The molecule has 0 aliphatic heterocycles. The number of ether oxygens (including phenoxy) is 2. The molecule has 0 bridgehead atoms. The monoisotopic (exact) mass is 410 g/mol. The molecule has 142 valence electrons. The van der Waals surface area contributed by atoms with Crippen molar-refractivity contribution in [3.63, 3.8) is 0 Å². The lowest BCUT2D eigenvalue weighted by molar-refractivity contribution is -0.385. The summed E-state index contributed by atoms with van der Waals surface area (Å²) in [6.07, 6.45) is 2.72. The van der Waals surface area contributed by atoms with Crippen LogP contribution in [0.5, 0.6) is 11.5 Å². The topological polar surface area (TPSA) is 90.7 Å². The van der Waals surface area contributed by atoms with Crippen LogP contribution in [-0.4, -0.2) is 24.5 Å². The highest BCUT2D eigenvalue weighted by Crippen LogP contribution is 2.33. The van der Waals surface area contributed by atoms with Gasteiger partial charge in [-0.05, 0) is 37.3 Å². The first-order chi connectivity index (χ1) is 12.8. The Balaban J connectivity index is 2.20. The van der Waals surface area contributed by atoms with E-state index in [9.17, 15) is 14.9 Å². The number of hydrogen-bond donors (Lipinski definition) is 1. The van der Waals surface area contributed by atoms with E-state index in [1.54, 1.807) is 13.0 Å². The largest absolute Gasteiger partial charge is 0.495 e. The van der Waals surface area contributed by atoms with Crippen LogP contribution in [0.2, 0.25) is 10.0 Å². The molecule has 2 aromatic carbocycles. The summed E-state index contributed by atoms with van der Waals surface area (Å²) in [6.45, 7) is 2.01. The van der Waals surface area contributed by atoms with Gasteiger partial charge in [0.25, 0.3) is 0 Å². The van der Waals surface area contributed by atoms with E-state index in [1.165, 1.54) is 43.5 Å². The van der Waals surface area contributed by atoms with Gasteiger partial charge in [-0.3, -0.25) is 14.9 Å². The summed E-state index contributed by atoms with van der Waals surface area (Å²) in [5.74, 6) is 0.0165. The van der Waals surface area contributed by atoms with Gasteiger partial charge in [-0.1, -0.05) is 23.2 Å². The number of methoxy groups -OCH3 is 1. The molecule has 0 aromatic heterocycles. The number of benzene rings is 2. The molecule has 0 atom stereocenters. The number of anilines is 1. The summed E-state index contributed by atoms with van der Waals surface area (Å²) in [5.41, 5.74) is 0.542. The standard InChI is InChI=1S/C18H16Cl2N2O5/c1-3-27-16-6-5-13(10-15(16)22(24)25)21-17(23)7-4-11-8-12(19)9-14(20)18(11)26-2/h4-10H,3H2,1-2H3,(H,21,23)/b7-4+. The van der Waals surface area contributed by atoms with E-state index in [1.807, 2.05) is 0 Å². The molecular formula is C18H16Cl2N2O5. The number of hydrogen-bond acceptors (Lipinski definition) is 5. The molecule has 2 aromatic rings. The van der Waals surface area contributed by atoms with Crippen LogP contribution in [-0.2, 0) is 4.79 Å². The Bertz CT molecular complexity index is 900. The zero-order chi connectivity index (χ0) is 20.0. The molecule has 0 spiro atoms. The predicted octanol–water partition coefficient (Wildman–Crippen LogP) is 4.96. The third-order valence-electron chi connectivity index (χ3n) is 3.38. The number of rotatable bonds is 7. The summed E-state index contributed by atoms with van der Waals surface area (Å²) in [7, 11) is 1.45. The lowest BCUT2D eigenvalue weighted by Crippen LogP contribution is -2.08. The van der Waals surface area contributed by atoms with Crippen molar-refractivity contribution in [2.75, 3.05) is 19.0 Å². The third-order valence-corrected chi connectivity index (χ3v) is 3.88. The van der Waals surface area contributed by atoms with Gasteiger partial charge in [0.15, 0.2) is 5.75 Å². The van der Waals surface area contributed by atoms with Gasteiger partial charge < -0.3 is 14.8 Å². The summed E-state index contributed by atoms with van der Waals surface area (Å²) in [5, 5.41) is 14.4. The predicted molar refractivity (Wildman–Crippen MR) is 105 cm³/mol. The number of amides is 1. The fraction of sp³-hybridized carbons (Fsp3) is 0.167. The zero-order valence-corrected chi connectivity index (χ0v) is 16.0. The Hall–Kier alpha value is -2.77. The van der Waals surface area contributed by atoms with E-state index < -0.39 is 10.8 Å². The maximum atomic E-state index is 12.1. The van der Waals surface area contributed by atoms with Crippen molar-refractivity contribution >= 4 is 46.6 Å². The number of halogens is 2. The molecule has 0 aliphatic rings. The minimum Gasteiger partial charge on any atom is -0.495 e. The second kappa shape index (κ2) is 9.25. The van der Waals surface area contributed by atoms with Crippen LogP contribution in [0, 0.1) is 10.1 Å². The number of nitro benzene ring substituents is 1. The number of carbonyl (C=O) groups is 1. The summed E-state index contributed by atoms with van der Waals surface area (Å²) in [6, 6.07) is 7.30. The number of carbonyl (C=O) groups excluding carboxylic acids is 1. The second-order valence-corrected chi connectivity index (χ2v) is 6.05. The van der Waals surface area contributed by atoms with E-state index in [0.29, 0.717) is 28.0 Å². The Labute approximate surface area is 165 Å². The first-order valence-corrected chi connectivity index (χ1v) is 8.54. The Kier molecular flexibility index (Phi) is 7.04. The Morgan fingerprint density at radius 2 is 2.04 bits per heavy atom. The highest BCUT2D eigenvalue weighted by atomic mass is 35.5. The van der Waals surface area contributed by atoms with Crippen molar-refractivity contribution in [2.45, 2.75) is 6.92 Å². The SMILES string of the molecule is CCOc1ccc(NC(=O)/C=C/c2cc(Cl)cc(Cl)c2OC)cc1[N+](=O)[O-]. The molecule has 1 amide bonds. The normalized spacial score (nSPS) is 10.7. The summed E-state index contributed by atoms with van der Waals surface area (Å²) >= 11 is 12.0. The van der Waals surface area contributed by atoms with E-state index in [0.717, 1.165) is 0 Å². The maximum Gasteiger partial charge on any atom is 0.312 e. The van der Waals surface area contributed by atoms with Gasteiger partial charge >= 0.3 is 5.69 Å². The molecule has 27 heavy (non-hydrogen) atoms. The fourth-order valence-electron chi connectivity index (χ4n) is 2.28. The minimum absolute atomic E-state index is 0.134. The lowest BCUT2D eigenvalue weighted by atomic mass is 10.2. The van der Waals surface area contributed by atoms with Crippen LogP contribution in [0.15, 0.2) is 36.4 Å². The minimum atomic E-state index is -0.574. The van der Waals surface area contributed by atoms with Crippen LogP contribution < -0.4 is 14.8 Å². The Morgan fingerprint density at radius 1 is 1.30 bits per heavy atom. The molecule has 2 rings (SSSR count). The first-order valence-electron chi connectivity index (χ1n) is 7.79. The molecule has 0 unspecified atom stereocenters. The molecule has 0 fully saturated rings. The average molecular weight is 411 g/mol. The molecule has 9 heteroatoms. The quantitative estimate of drug-likeness (QED) is 0.395. The molecule has 7 nitrogen and oxygen atoms in total. The number of nitrogens with zero attached hydrogens (tertiary/aromatic N) is 1. The third kappa shape index (κ3) is 5.35. The zero-order valence-electron chi connectivity index (χ0n) is 14.5. The van der Waals surface area contributed by atoms with Crippen molar-refractivity contribution < 1.29 is 19.2 Å². The van der Waals surface area contributed by atoms with Gasteiger partial charge in [0.05, 0.1) is 23.7 Å². The van der Waals surface area contributed by atoms with Crippen LogP contribution in [0.3, 0.4) is 0 Å². The fourth-order valence-corrected chi connectivity index (χ4v) is 2.87. The molecule has 0 aliphatic carbocycles. The van der Waals surface area contributed by atoms with Crippen LogP contribution in [0.4, 0.5) is 11.4 Å². The van der Waals surface area contributed by atoms with Gasteiger partial charge in [0.2, 0.25) is 5.91 Å². The Morgan fingerprint density at radius 3 is 2.67 bits per heavy atom. The highest BCUT2D eigenvalue weighted by Gasteiger charge is 2.16. The average Bonchev–Trinajstić information content (AvgIpc) is 2.61. The van der Waals surface area contributed by atoms with E-state index >= 15 is 0 Å². The molecular weight excluding hydrogens is 395 g/mol. The van der Waals surface area contributed by atoms with Gasteiger partial charge in [0, 0.05) is 28.4 Å². The summed E-state index contributed by atoms with van der Waals surface area (Å²) < 4.78 is 10.4. The molecule has 1 N–H and O–H groups in total. The van der Waals surface area contributed by atoms with Crippen molar-refractivity contribution in [3.05, 3.63) is 62.1 Å². The summed E-state index contributed by atoms with van der Waals surface area (Å²) in [4.78, 5) is 22.7. The lowest BCUT2D eigenvalue weighted by Gasteiger charge is -2.08. The maximum absolute atomic E-state index is 12.1. The molecule has 0 saturated carbocycles. The van der Waals surface area contributed by atoms with E-state index in [4.69, 9.17) is 32.7 Å². The number of nitrogens with one attached hydrogen (secondary N) is 1. The molecule has 0 saturated heterocycles. The number of nitro groups is 1. The molecule has 0 heterocycles. The van der Waals surface area contributed by atoms with Crippen LogP contribution >= 0.6 is 23.2 Å². The smallest absolute Gasteiger partial charge is 0.312 e. The van der Waals surface area contributed by atoms with Gasteiger partial charge in [0.1, 0.15) is 5.75 Å². The van der Waals surface area contributed by atoms with Crippen LogP contribution in [0.1, 0.15) is 12.5 Å². The molecule has 0 radical (unpaired) electrons. The van der Waals surface area contributed by atoms with Crippen molar-refractivity contribution in [1.82, 2.24) is 0 Å². The van der Waals surface area contributed by atoms with Crippen LogP contribution in [0.25, 0.3) is 6.08 Å². The highest BCUT2D eigenvalue weighted by molar-refractivity contribution is 6.36. The second-order valence-electron chi connectivity index (χ2n) is 5.21.